The van der Waals surface area contributed by atoms with Crippen LogP contribution in [0, 0.1) is 0 Å². The first kappa shape index (κ1) is 13.9. The van der Waals surface area contributed by atoms with E-state index >= 15 is 0 Å². The molecule has 19 heavy (non-hydrogen) atoms. The number of benzene rings is 1. The van der Waals surface area contributed by atoms with Crippen molar-refractivity contribution in [1.82, 2.24) is 5.32 Å². The second-order valence-corrected chi connectivity index (χ2v) is 7.25. The first-order valence-corrected chi connectivity index (χ1v) is 6.96. The second kappa shape index (κ2) is 4.56. The van der Waals surface area contributed by atoms with Crippen LogP contribution in [0.15, 0.2) is 29.2 Å². The topological polar surface area (TPSA) is 58.2 Å². The lowest BCUT2D eigenvalue weighted by molar-refractivity contribution is -0.130. The molecule has 1 heterocycles. The Hall–Kier alpha value is -1.49. The largest absolute Gasteiger partial charge is 0.350 e. The summed E-state index contributed by atoms with van der Waals surface area (Å²) in [4.78, 5) is 25.5. The van der Waals surface area contributed by atoms with Crippen LogP contribution in [0.2, 0.25) is 0 Å². The summed E-state index contributed by atoms with van der Waals surface area (Å²) in [5.41, 5.74) is 0.399. The fraction of sp³-hybridized carbons (Fsp3) is 0.429. The van der Waals surface area contributed by atoms with Gasteiger partial charge in [0.25, 0.3) is 0 Å². The SMILES string of the molecule is CC(C)(C)NC(=O)[C@@]1(C)Sc2ccccc2NC1=O. The number of carbonyl (C=O) groups is 2. The van der Waals surface area contributed by atoms with Crippen molar-refractivity contribution < 1.29 is 9.59 Å². The lowest BCUT2D eigenvalue weighted by Gasteiger charge is -2.34. The molecule has 102 valence electrons. The van der Waals surface area contributed by atoms with Crippen molar-refractivity contribution in [2.45, 2.75) is 42.9 Å². The molecular weight excluding hydrogens is 260 g/mol. The molecule has 2 amide bonds. The van der Waals surface area contributed by atoms with Crippen molar-refractivity contribution in [3.63, 3.8) is 0 Å². The summed E-state index contributed by atoms with van der Waals surface area (Å²) < 4.78 is -1.14. The van der Waals surface area contributed by atoms with E-state index in [2.05, 4.69) is 10.6 Å². The van der Waals surface area contributed by atoms with Crippen LogP contribution in [-0.4, -0.2) is 22.1 Å². The number of hydrogen-bond donors (Lipinski definition) is 2. The van der Waals surface area contributed by atoms with Crippen LogP contribution < -0.4 is 10.6 Å². The minimum absolute atomic E-state index is 0.267. The van der Waals surface area contributed by atoms with Crippen LogP contribution >= 0.6 is 11.8 Å². The summed E-state index contributed by atoms with van der Waals surface area (Å²) in [6.07, 6.45) is 0. The summed E-state index contributed by atoms with van der Waals surface area (Å²) >= 11 is 1.29. The van der Waals surface area contributed by atoms with Crippen molar-refractivity contribution in [2.24, 2.45) is 0 Å². The zero-order valence-electron chi connectivity index (χ0n) is 11.5. The summed E-state index contributed by atoms with van der Waals surface area (Å²) in [7, 11) is 0. The summed E-state index contributed by atoms with van der Waals surface area (Å²) in [5, 5.41) is 5.67. The smallest absolute Gasteiger partial charge is 0.250 e. The molecule has 0 bridgehead atoms. The number of thioether (sulfide) groups is 1. The highest BCUT2D eigenvalue weighted by Crippen LogP contribution is 2.42. The van der Waals surface area contributed by atoms with E-state index in [9.17, 15) is 9.59 Å². The van der Waals surface area contributed by atoms with Crippen LogP contribution in [0.5, 0.6) is 0 Å². The average Bonchev–Trinajstić information content (AvgIpc) is 2.28. The zero-order chi connectivity index (χ0) is 14.3. The lowest BCUT2D eigenvalue weighted by atomic mass is 10.0. The van der Waals surface area contributed by atoms with Gasteiger partial charge in [0.1, 0.15) is 0 Å². The van der Waals surface area contributed by atoms with Gasteiger partial charge in [0.05, 0.1) is 5.69 Å². The number of anilines is 1. The standard InChI is InChI=1S/C14H18N2O2S/c1-13(2,3)16-12(18)14(4)11(17)15-9-7-5-6-8-10(9)19-14/h5-8H,1-4H3,(H,15,17)(H,16,18)/t14-/m0/s1. The summed E-state index contributed by atoms with van der Waals surface area (Å²) in [6.45, 7) is 7.35. The van der Waals surface area contributed by atoms with E-state index in [1.807, 2.05) is 45.0 Å². The number of hydrogen-bond acceptors (Lipinski definition) is 3. The molecule has 0 fully saturated rings. The Kier molecular flexibility index (Phi) is 3.34. The summed E-state index contributed by atoms with van der Waals surface area (Å²) in [6, 6.07) is 7.49. The van der Waals surface area contributed by atoms with Crippen molar-refractivity contribution in [3.8, 4) is 0 Å². The molecule has 1 aliphatic heterocycles. The van der Waals surface area contributed by atoms with Crippen LogP contribution in [0.4, 0.5) is 5.69 Å². The quantitative estimate of drug-likeness (QED) is 0.776. The number of carbonyl (C=O) groups excluding carboxylic acids is 2. The minimum atomic E-state index is -1.14. The van der Waals surface area contributed by atoms with Gasteiger partial charge in [0.2, 0.25) is 11.8 Å². The van der Waals surface area contributed by atoms with Gasteiger partial charge in [-0.3, -0.25) is 9.59 Å². The molecule has 2 N–H and O–H groups in total. The Morgan fingerprint density at radius 2 is 1.95 bits per heavy atom. The maximum Gasteiger partial charge on any atom is 0.250 e. The molecule has 1 aromatic carbocycles. The van der Waals surface area contributed by atoms with Gasteiger partial charge < -0.3 is 10.6 Å². The average molecular weight is 278 g/mol. The molecule has 0 aliphatic carbocycles. The van der Waals surface area contributed by atoms with Crippen molar-refractivity contribution >= 4 is 29.3 Å². The van der Waals surface area contributed by atoms with Gasteiger partial charge >= 0.3 is 0 Å². The minimum Gasteiger partial charge on any atom is -0.350 e. The fourth-order valence-electron chi connectivity index (χ4n) is 1.78. The van der Waals surface area contributed by atoms with Crippen molar-refractivity contribution in [1.29, 1.82) is 0 Å². The molecule has 0 saturated heterocycles. The predicted molar refractivity (Wildman–Crippen MR) is 77.2 cm³/mol. The van der Waals surface area contributed by atoms with Gasteiger partial charge in [0.15, 0.2) is 4.75 Å². The molecule has 0 spiro atoms. The third-order valence-corrected chi connectivity index (χ3v) is 4.16. The van der Waals surface area contributed by atoms with Crippen LogP contribution in [0.25, 0.3) is 0 Å². The first-order chi connectivity index (χ1) is 8.72. The number of rotatable bonds is 1. The summed E-state index contributed by atoms with van der Waals surface area (Å²) in [5.74, 6) is -0.546. The number of para-hydroxylation sites is 1. The Bertz CT molecular complexity index is 536. The highest BCUT2D eigenvalue weighted by molar-refractivity contribution is 8.02. The normalized spacial score (nSPS) is 22.4. The predicted octanol–water partition coefficient (Wildman–Crippen LogP) is 2.40. The van der Waals surface area contributed by atoms with Gasteiger partial charge in [-0.25, -0.2) is 0 Å². The third-order valence-electron chi connectivity index (χ3n) is 2.80. The van der Waals surface area contributed by atoms with Gasteiger partial charge in [0, 0.05) is 10.4 Å². The van der Waals surface area contributed by atoms with Gasteiger partial charge in [-0.05, 0) is 39.8 Å². The highest BCUT2D eigenvalue weighted by Gasteiger charge is 2.46. The monoisotopic (exact) mass is 278 g/mol. The van der Waals surface area contributed by atoms with E-state index in [1.54, 1.807) is 6.92 Å². The van der Waals surface area contributed by atoms with E-state index in [1.165, 1.54) is 11.8 Å². The Morgan fingerprint density at radius 1 is 1.32 bits per heavy atom. The van der Waals surface area contributed by atoms with E-state index in [0.29, 0.717) is 0 Å². The zero-order valence-corrected chi connectivity index (χ0v) is 12.4. The van der Waals surface area contributed by atoms with Crippen molar-refractivity contribution in [3.05, 3.63) is 24.3 Å². The molecule has 2 rings (SSSR count). The number of fused-ring (bicyclic) bond motifs is 1. The van der Waals surface area contributed by atoms with Crippen LogP contribution in [0.1, 0.15) is 27.7 Å². The molecule has 4 nitrogen and oxygen atoms in total. The Morgan fingerprint density at radius 3 is 2.58 bits per heavy atom. The lowest BCUT2D eigenvalue weighted by Crippen LogP contribution is -2.56. The van der Waals surface area contributed by atoms with E-state index in [0.717, 1.165) is 10.6 Å². The van der Waals surface area contributed by atoms with Gasteiger partial charge in [-0.15, -0.1) is 0 Å². The fourth-order valence-corrected chi connectivity index (χ4v) is 2.88. The number of nitrogens with one attached hydrogen (secondary N) is 2. The van der Waals surface area contributed by atoms with Gasteiger partial charge in [-0.1, -0.05) is 23.9 Å². The maximum atomic E-state index is 12.4. The molecule has 0 saturated carbocycles. The van der Waals surface area contributed by atoms with E-state index < -0.39 is 4.75 Å². The van der Waals surface area contributed by atoms with E-state index in [4.69, 9.17) is 0 Å². The molecule has 0 radical (unpaired) electrons. The Balaban J connectivity index is 2.30. The second-order valence-electron chi connectivity index (χ2n) is 5.79. The van der Waals surface area contributed by atoms with Gasteiger partial charge in [-0.2, -0.15) is 0 Å². The highest BCUT2D eigenvalue weighted by atomic mass is 32.2. The molecule has 5 heteroatoms. The molecule has 1 aromatic rings. The maximum absolute atomic E-state index is 12.4. The molecule has 0 aromatic heterocycles. The molecule has 1 aliphatic rings. The van der Waals surface area contributed by atoms with Crippen LogP contribution in [0.3, 0.4) is 0 Å². The molecule has 0 unspecified atom stereocenters. The Labute approximate surface area is 117 Å². The molecular formula is C14H18N2O2S. The third kappa shape index (κ3) is 2.76. The van der Waals surface area contributed by atoms with Crippen molar-refractivity contribution in [2.75, 3.05) is 5.32 Å². The van der Waals surface area contributed by atoms with Crippen LogP contribution in [-0.2, 0) is 9.59 Å². The number of amides is 2. The molecule has 1 atom stereocenters. The van der Waals surface area contributed by atoms with E-state index in [-0.39, 0.29) is 17.4 Å². The first-order valence-electron chi connectivity index (χ1n) is 6.14.